The van der Waals surface area contributed by atoms with Gasteiger partial charge in [-0.15, -0.1) is 0 Å². The highest BCUT2D eigenvalue weighted by atomic mass is 35.5. The molecule has 1 saturated heterocycles. The Bertz CT molecular complexity index is 1170. The Hall–Kier alpha value is -3.07. The molecule has 2 heterocycles. The molecule has 8 nitrogen and oxygen atoms in total. The summed E-state index contributed by atoms with van der Waals surface area (Å²) in [6, 6.07) is 11.9. The van der Waals surface area contributed by atoms with Gasteiger partial charge in [0.1, 0.15) is 17.3 Å². The van der Waals surface area contributed by atoms with E-state index in [2.05, 4.69) is 10.2 Å². The average Bonchev–Trinajstić information content (AvgIpc) is 3.25. The van der Waals surface area contributed by atoms with Crippen molar-refractivity contribution in [3.05, 3.63) is 80.2 Å². The second-order valence-corrected chi connectivity index (χ2v) is 8.55. The molecule has 1 aliphatic rings. The highest BCUT2D eigenvalue weighted by Gasteiger charge is 2.18. The van der Waals surface area contributed by atoms with Crippen molar-refractivity contribution in [2.24, 2.45) is 0 Å². The van der Waals surface area contributed by atoms with Crippen molar-refractivity contribution in [3.63, 3.8) is 0 Å². The SMILES string of the molecule is O=C(Nc1cc(Oc2ccc(Cl)cc2Cl)cc([N+](=O)[O-])c1)c1ccc(CN2CCCCC2)o1. The normalized spacial score (nSPS) is 14.1. The van der Waals surface area contributed by atoms with Gasteiger partial charge in [0.25, 0.3) is 11.6 Å². The van der Waals surface area contributed by atoms with Crippen molar-refractivity contribution in [3.8, 4) is 11.5 Å². The molecule has 0 aliphatic carbocycles. The Balaban J connectivity index is 1.49. The molecule has 3 aromatic rings. The number of hydrogen-bond donors (Lipinski definition) is 1. The Kier molecular flexibility index (Phi) is 7.17. The number of non-ortho nitro benzene ring substituents is 1. The molecule has 0 bridgehead atoms. The van der Waals surface area contributed by atoms with E-state index in [9.17, 15) is 14.9 Å². The fourth-order valence-electron chi connectivity index (χ4n) is 3.62. The minimum absolute atomic E-state index is 0.122. The molecule has 0 radical (unpaired) electrons. The zero-order chi connectivity index (χ0) is 23.4. The number of carbonyl (C=O) groups excluding carboxylic acids is 1. The summed E-state index contributed by atoms with van der Waals surface area (Å²) in [6.07, 6.45) is 3.56. The molecule has 4 rings (SSSR count). The summed E-state index contributed by atoms with van der Waals surface area (Å²) in [5.74, 6) is 0.705. The first-order valence-corrected chi connectivity index (χ1v) is 11.2. The van der Waals surface area contributed by atoms with Crippen LogP contribution in [0.1, 0.15) is 35.6 Å². The van der Waals surface area contributed by atoms with Crippen molar-refractivity contribution in [1.29, 1.82) is 0 Å². The van der Waals surface area contributed by atoms with Gasteiger partial charge in [0.2, 0.25) is 0 Å². The molecule has 172 valence electrons. The standard InChI is InChI=1S/C23H21Cl2N3O5/c24-15-4-6-21(20(25)10-15)33-19-12-16(11-17(13-19)28(30)31)26-23(29)22-7-5-18(32-22)14-27-8-2-1-3-9-27/h4-7,10-13H,1-3,8-9,14H2,(H,26,29). The maximum absolute atomic E-state index is 12.7. The molecular formula is C23H21Cl2N3O5. The van der Waals surface area contributed by atoms with Crippen molar-refractivity contribution in [2.75, 3.05) is 18.4 Å². The molecule has 1 aliphatic heterocycles. The third-order valence-corrected chi connectivity index (χ3v) is 5.73. The smallest absolute Gasteiger partial charge is 0.291 e. The highest BCUT2D eigenvalue weighted by Crippen LogP contribution is 2.34. The van der Waals surface area contributed by atoms with Crippen LogP contribution in [0.3, 0.4) is 0 Å². The predicted octanol–water partition coefficient (Wildman–Crippen LogP) is 6.53. The molecule has 1 fully saturated rings. The molecule has 0 saturated carbocycles. The van der Waals surface area contributed by atoms with Gasteiger partial charge in [0, 0.05) is 17.2 Å². The number of nitrogens with zero attached hydrogens (tertiary/aromatic N) is 2. The minimum Gasteiger partial charge on any atom is -0.455 e. The van der Waals surface area contributed by atoms with Crippen LogP contribution in [0, 0.1) is 10.1 Å². The minimum atomic E-state index is -0.574. The van der Waals surface area contributed by atoms with Crippen LogP contribution in [0.25, 0.3) is 0 Å². The molecule has 0 unspecified atom stereocenters. The summed E-state index contributed by atoms with van der Waals surface area (Å²) in [6.45, 7) is 2.66. The van der Waals surface area contributed by atoms with Crippen LogP contribution in [-0.4, -0.2) is 28.8 Å². The van der Waals surface area contributed by atoms with Crippen molar-refractivity contribution < 1.29 is 18.9 Å². The van der Waals surface area contributed by atoms with Gasteiger partial charge in [-0.05, 0) is 56.3 Å². The monoisotopic (exact) mass is 489 g/mol. The third-order valence-electron chi connectivity index (χ3n) is 5.20. The van der Waals surface area contributed by atoms with Gasteiger partial charge in [0.05, 0.1) is 28.2 Å². The van der Waals surface area contributed by atoms with Crippen molar-refractivity contribution in [2.45, 2.75) is 25.8 Å². The van der Waals surface area contributed by atoms with Gasteiger partial charge < -0.3 is 14.5 Å². The van der Waals surface area contributed by atoms with E-state index < -0.39 is 10.8 Å². The second-order valence-electron chi connectivity index (χ2n) is 7.71. The van der Waals surface area contributed by atoms with E-state index >= 15 is 0 Å². The predicted molar refractivity (Wildman–Crippen MR) is 125 cm³/mol. The average molecular weight is 490 g/mol. The summed E-state index contributed by atoms with van der Waals surface area (Å²) in [4.78, 5) is 25.8. The Morgan fingerprint density at radius 2 is 1.88 bits per heavy atom. The largest absolute Gasteiger partial charge is 0.455 e. The zero-order valence-electron chi connectivity index (χ0n) is 17.6. The van der Waals surface area contributed by atoms with Crippen LogP contribution in [0.4, 0.5) is 11.4 Å². The number of anilines is 1. The number of amides is 1. The molecule has 10 heteroatoms. The molecule has 33 heavy (non-hydrogen) atoms. The summed E-state index contributed by atoms with van der Waals surface area (Å²) in [5, 5.41) is 14.7. The maximum atomic E-state index is 12.7. The topological polar surface area (TPSA) is 97.8 Å². The van der Waals surface area contributed by atoms with E-state index in [1.807, 2.05) is 0 Å². The summed E-state index contributed by atoms with van der Waals surface area (Å²) in [5.41, 5.74) is -0.0682. The lowest BCUT2D eigenvalue weighted by Crippen LogP contribution is -2.28. The zero-order valence-corrected chi connectivity index (χ0v) is 19.1. The van der Waals surface area contributed by atoms with E-state index in [0.29, 0.717) is 17.3 Å². The van der Waals surface area contributed by atoms with E-state index in [-0.39, 0.29) is 33.7 Å². The summed E-state index contributed by atoms with van der Waals surface area (Å²) < 4.78 is 11.4. The van der Waals surface area contributed by atoms with Gasteiger partial charge >= 0.3 is 0 Å². The molecule has 1 amide bonds. The third kappa shape index (κ3) is 6.04. The van der Waals surface area contributed by atoms with Gasteiger partial charge in [-0.3, -0.25) is 19.8 Å². The van der Waals surface area contributed by atoms with Gasteiger partial charge in [-0.2, -0.15) is 0 Å². The van der Waals surface area contributed by atoms with E-state index in [0.717, 1.165) is 25.9 Å². The van der Waals surface area contributed by atoms with Crippen LogP contribution in [0.15, 0.2) is 52.9 Å². The Labute approximate surface area is 200 Å². The number of likely N-dealkylation sites (tertiary alicyclic amines) is 1. The Morgan fingerprint density at radius 3 is 2.61 bits per heavy atom. The molecule has 1 aromatic heterocycles. The molecule has 0 atom stereocenters. The molecular weight excluding hydrogens is 469 g/mol. The van der Waals surface area contributed by atoms with Crippen molar-refractivity contribution in [1.82, 2.24) is 4.90 Å². The number of benzene rings is 2. The van der Waals surface area contributed by atoms with E-state index in [1.165, 1.54) is 30.7 Å². The maximum Gasteiger partial charge on any atom is 0.291 e. The number of nitro benzene ring substituents is 1. The van der Waals surface area contributed by atoms with Gasteiger partial charge in [-0.1, -0.05) is 29.6 Å². The number of piperidine rings is 1. The first-order chi connectivity index (χ1) is 15.9. The summed E-state index contributed by atoms with van der Waals surface area (Å²) in [7, 11) is 0. The molecule has 0 spiro atoms. The quantitative estimate of drug-likeness (QED) is 0.299. The first-order valence-electron chi connectivity index (χ1n) is 10.4. The number of halogens is 2. The van der Waals surface area contributed by atoms with Crippen LogP contribution in [0.5, 0.6) is 11.5 Å². The molecule has 1 N–H and O–H groups in total. The second kappa shape index (κ2) is 10.2. The van der Waals surface area contributed by atoms with Gasteiger partial charge in [-0.25, -0.2) is 0 Å². The van der Waals surface area contributed by atoms with E-state index in [1.54, 1.807) is 24.3 Å². The number of ether oxygens (including phenoxy) is 1. The van der Waals surface area contributed by atoms with Crippen molar-refractivity contribution >= 4 is 40.5 Å². The van der Waals surface area contributed by atoms with Gasteiger partial charge in [0.15, 0.2) is 5.76 Å². The van der Waals surface area contributed by atoms with Crippen LogP contribution < -0.4 is 10.1 Å². The first kappa shape index (κ1) is 23.1. The number of nitrogens with one attached hydrogen (secondary N) is 1. The number of nitro groups is 1. The molecule has 2 aromatic carbocycles. The number of furan rings is 1. The number of rotatable bonds is 7. The Morgan fingerprint density at radius 1 is 1.09 bits per heavy atom. The fourth-order valence-corrected chi connectivity index (χ4v) is 4.07. The number of carbonyl (C=O) groups is 1. The van der Waals surface area contributed by atoms with E-state index in [4.69, 9.17) is 32.4 Å². The highest BCUT2D eigenvalue weighted by molar-refractivity contribution is 6.35. The lowest BCUT2D eigenvalue weighted by molar-refractivity contribution is -0.384. The number of hydrogen-bond acceptors (Lipinski definition) is 6. The fraction of sp³-hybridized carbons (Fsp3) is 0.261. The van der Waals surface area contributed by atoms with Crippen LogP contribution in [0.2, 0.25) is 10.0 Å². The van der Waals surface area contributed by atoms with Crippen LogP contribution >= 0.6 is 23.2 Å². The van der Waals surface area contributed by atoms with Crippen LogP contribution in [-0.2, 0) is 6.54 Å². The summed E-state index contributed by atoms with van der Waals surface area (Å²) >= 11 is 12.0. The lowest BCUT2D eigenvalue weighted by atomic mass is 10.1. The lowest BCUT2D eigenvalue weighted by Gasteiger charge is -2.25.